The summed E-state index contributed by atoms with van der Waals surface area (Å²) in [5, 5.41) is 9.57. The molecule has 1 amide bonds. The standard InChI is InChI=1S/C21H15BrN2O4S/c1-3-9-28-17-8-7-15(22)10-14(17)12-18-19(25)24(2)21(29-18)23-16-6-4-5-13(11-16)20(26)27/h1,4-8,10-12H,9H2,2H3,(H,26,27)/b18-12-,23-21?. The van der Waals surface area contributed by atoms with Crippen LogP contribution in [0.1, 0.15) is 15.9 Å². The van der Waals surface area contributed by atoms with Crippen LogP contribution in [0.25, 0.3) is 6.08 Å². The first-order chi connectivity index (χ1) is 13.9. The fourth-order valence-corrected chi connectivity index (χ4v) is 3.85. The molecule has 1 N–H and O–H groups in total. The van der Waals surface area contributed by atoms with E-state index in [1.165, 1.54) is 28.8 Å². The van der Waals surface area contributed by atoms with Crippen LogP contribution in [0, 0.1) is 12.3 Å². The van der Waals surface area contributed by atoms with Crippen molar-refractivity contribution in [1.29, 1.82) is 0 Å². The number of likely N-dealkylation sites (N-methyl/N-ethyl adjacent to an activating group) is 1. The lowest BCUT2D eigenvalue weighted by atomic mass is 10.2. The second-order valence-corrected chi connectivity index (χ2v) is 7.82. The van der Waals surface area contributed by atoms with E-state index >= 15 is 0 Å². The molecule has 146 valence electrons. The number of aliphatic imine (C=N–C) groups is 1. The van der Waals surface area contributed by atoms with Crippen LogP contribution in [0.15, 0.2) is 56.8 Å². The van der Waals surface area contributed by atoms with Gasteiger partial charge < -0.3 is 9.84 Å². The van der Waals surface area contributed by atoms with E-state index in [4.69, 9.17) is 16.3 Å². The van der Waals surface area contributed by atoms with E-state index in [0.29, 0.717) is 27.1 Å². The van der Waals surface area contributed by atoms with Gasteiger partial charge in [0.1, 0.15) is 12.4 Å². The summed E-state index contributed by atoms with van der Waals surface area (Å²) in [6, 6.07) is 11.7. The van der Waals surface area contributed by atoms with Gasteiger partial charge >= 0.3 is 5.97 Å². The van der Waals surface area contributed by atoms with Gasteiger partial charge in [0, 0.05) is 17.1 Å². The molecule has 1 heterocycles. The van der Waals surface area contributed by atoms with E-state index in [1.54, 1.807) is 31.3 Å². The van der Waals surface area contributed by atoms with Gasteiger partial charge in [-0.3, -0.25) is 9.69 Å². The first-order valence-corrected chi connectivity index (χ1v) is 9.95. The Morgan fingerprint density at radius 1 is 1.38 bits per heavy atom. The number of hydrogen-bond acceptors (Lipinski definition) is 5. The maximum atomic E-state index is 12.7. The molecule has 6 nitrogen and oxygen atoms in total. The molecule has 29 heavy (non-hydrogen) atoms. The third-order valence-corrected chi connectivity index (χ3v) is 5.44. The minimum atomic E-state index is -1.04. The second-order valence-electron chi connectivity index (χ2n) is 5.90. The minimum Gasteiger partial charge on any atom is -0.480 e. The van der Waals surface area contributed by atoms with Crippen molar-refractivity contribution in [3.8, 4) is 18.1 Å². The highest BCUT2D eigenvalue weighted by Crippen LogP contribution is 2.35. The summed E-state index contributed by atoms with van der Waals surface area (Å²) in [6.45, 7) is 0.116. The number of amidine groups is 1. The van der Waals surface area contributed by atoms with Gasteiger partial charge in [-0.25, -0.2) is 9.79 Å². The monoisotopic (exact) mass is 470 g/mol. The molecule has 0 atom stereocenters. The van der Waals surface area contributed by atoms with Crippen LogP contribution in [0.5, 0.6) is 5.75 Å². The number of halogens is 1. The molecule has 3 rings (SSSR count). The van der Waals surface area contributed by atoms with Gasteiger partial charge in [0.2, 0.25) is 0 Å². The Bertz CT molecular complexity index is 1090. The summed E-state index contributed by atoms with van der Waals surface area (Å²) in [6.07, 6.45) is 6.98. The number of hydrogen-bond donors (Lipinski definition) is 1. The minimum absolute atomic E-state index is 0.116. The summed E-state index contributed by atoms with van der Waals surface area (Å²) in [5.74, 6) is 1.73. The number of thioether (sulfide) groups is 1. The van der Waals surface area contributed by atoms with E-state index in [-0.39, 0.29) is 18.1 Å². The summed E-state index contributed by atoms with van der Waals surface area (Å²) in [5.41, 5.74) is 1.28. The molecule has 8 heteroatoms. The van der Waals surface area contributed by atoms with Crippen molar-refractivity contribution in [3.05, 3.63) is 63.0 Å². The van der Waals surface area contributed by atoms with Crippen molar-refractivity contribution in [2.24, 2.45) is 4.99 Å². The van der Waals surface area contributed by atoms with Crippen molar-refractivity contribution < 1.29 is 19.4 Å². The molecule has 0 radical (unpaired) electrons. The van der Waals surface area contributed by atoms with Gasteiger partial charge in [0.25, 0.3) is 5.91 Å². The lowest BCUT2D eigenvalue weighted by Crippen LogP contribution is -2.23. The molecule has 0 aliphatic carbocycles. The van der Waals surface area contributed by atoms with Crippen LogP contribution in [-0.4, -0.2) is 40.7 Å². The Balaban J connectivity index is 1.93. The Hall–Kier alpha value is -3.02. The molecule has 2 aromatic rings. The maximum Gasteiger partial charge on any atom is 0.335 e. The number of carbonyl (C=O) groups is 2. The number of carboxylic acid groups (broad SMARTS) is 1. The fourth-order valence-electron chi connectivity index (χ4n) is 2.49. The molecular weight excluding hydrogens is 456 g/mol. The fraction of sp³-hybridized carbons (Fsp3) is 0.0952. The van der Waals surface area contributed by atoms with Gasteiger partial charge in [-0.2, -0.15) is 0 Å². The van der Waals surface area contributed by atoms with Crippen LogP contribution in [0.2, 0.25) is 0 Å². The molecule has 0 unspecified atom stereocenters. The number of ether oxygens (including phenoxy) is 1. The van der Waals surface area contributed by atoms with E-state index in [0.717, 1.165) is 4.47 Å². The topological polar surface area (TPSA) is 79.2 Å². The Morgan fingerprint density at radius 3 is 2.90 bits per heavy atom. The average molecular weight is 471 g/mol. The van der Waals surface area contributed by atoms with Crippen molar-refractivity contribution in [2.75, 3.05) is 13.7 Å². The van der Waals surface area contributed by atoms with Gasteiger partial charge in [0.05, 0.1) is 16.2 Å². The van der Waals surface area contributed by atoms with Gasteiger partial charge in [-0.05, 0) is 54.2 Å². The highest BCUT2D eigenvalue weighted by Gasteiger charge is 2.30. The number of terminal acetylenes is 1. The lowest BCUT2D eigenvalue weighted by molar-refractivity contribution is -0.121. The summed E-state index contributed by atoms with van der Waals surface area (Å²) >= 11 is 4.61. The Kier molecular flexibility index (Phi) is 6.42. The summed E-state index contributed by atoms with van der Waals surface area (Å²) in [4.78, 5) is 30.1. The zero-order valence-corrected chi connectivity index (χ0v) is 17.7. The van der Waals surface area contributed by atoms with E-state index in [9.17, 15) is 9.59 Å². The van der Waals surface area contributed by atoms with Crippen molar-refractivity contribution in [1.82, 2.24) is 4.90 Å². The average Bonchev–Trinajstić information content (AvgIpc) is 2.95. The summed E-state index contributed by atoms with van der Waals surface area (Å²) < 4.78 is 6.38. The van der Waals surface area contributed by atoms with Gasteiger partial charge in [0.15, 0.2) is 5.17 Å². The predicted molar refractivity (Wildman–Crippen MR) is 117 cm³/mol. The van der Waals surface area contributed by atoms with Crippen molar-refractivity contribution >= 4 is 56.5 Å². The highest BCUT2D eigenvalue weighted by molar-refractivity contribution is 9.10. The van der Waals surface area contributed by atoms with Crippen molar-refractivity contribution in [3.63, 3.8) is 0 Å². The molecule has 0 saturated carbocycles. The molecule has 0 bridgehead atoms. The highest BCUT2D eigenvalue weighted by atomic mass is 79.9. The largest absolute Gasteiger partial charge is 0.480 e. The molecule has 1 aliphatic rings. The number of amides is 1. The van der Waals surface area contributed by atoms with Crippen molar-refractivity contribution in [2.45, 2.75) is 0 Å². The Morgan fingerprint density at radius 2 is 2.17 bits per heavy atom. The third-order valence-electron chi connectivity index (χ3n) is 3.89. The van der Waals surface area contributed by atoms with Gasteiger partial charge in [-0.1, -0.05) is 27.9 Å². The molecule has 2 aromatic carbocycles. The predicted octanol–water partition coefficient (Wildman–Crippen LogP) is 4.39. The number of rotatable bonds is 5. The molecule has 1 saturated heterocycles. The number of benzene rings is 2. The van der Waals surface area contributed by atoms with Crippen LogP contribution in [0.4, 0.5) is 5.69 Å². The number of carboxylic acids is 1. The van der Waals surface area contributed by atoms with E-state index in [2.05, 4.69) is 26.8 Å². The SMILES string of the molecule is C#CCOc1ccc(Br)cc1/C=C1\SC(=Nc2cccc(C(=O)O)c2)N(C)C1=O. The first-order valence-electron chi connectivity index (χ1n) is 8.34. The smallest absolute Gasteiger partial charge is 0.335 e. The number of carbonyl (C=O) groups excluding carboxylic acids is 1. The van der Waals surface area contributed by atoms with Crippen LogP contribution >= 0.6 is 27.7 Å². The zero-order valence-electron chi connectivity index (χ0n) is 15.3. The molecule has 0 aromatic heterocycles. The van der Waals surface area contributed by atoms with E-state index < -0.39 is 5.97 Å². The molecule has 1 aliphatic heterocycles. The van der Waals surface area contributed by atoms with Gasteiger partial charge in [-0.15, -0.1) is 6.42 Å². The number of nitrogens with zero attached hydrogens (tertiary/aromatic N) is 2. The lowest BCUT2D eigenvalue weighted by Gasteiger charge is -2.08. The quantitative estimate of drug-likeness (QED) is 0.517. The van der Waals surface area contributed by atoms with Crippen LogP contribution in [-0.2, 0) is 4.79 Å². The molecular formula is C21H15BrN2O4S. The molecule has 0 spiro atoms. The maximum absolute atomic E-state index is 12.7. The Labute approximate surface area is 180 Å². The first kappa shape index (κ1) is 20.7. The van der Waals surface area contributed by atoms with E-state index in [1.807, 2.05) is 12.1 Å². The normalized spacial score (nSPS) is 16.3. The zero-order chi connectivity index (χ0) is 21.0. The number of aromatic carboxylic acids is 1. The van der Waals surface area contributed by atoms with Crippen LogP contribution in [0.3, 0.4) is 0 Å². The third kappa shape index (κ3) is 4.88. The molecule has 1 fully saturated rings. The van der Waals surface area contributed by atoms with Crippen LogP contribution < -0.4 is 4.74 Å². The second kappa shape index (κ2) is 8.99. The summed E-state index contributed by atoms with van der Waals surface area (Å²) in [7, 11) is 1.62.